The molecule has 0 bridgehead atoms. The van der Waals surface area contributed by atoms with Gasteiger partial charge in [0.1, 0.15) is 0 Å². The molecule has 293 valence electrons. The fourth-order valence-electron chi connectivity index (χ4n) is 11.2. The summed E-state index contributed by atoms with van der Waals surface area (Å²) in [5.41, 5.74) is 20.0. The second-order valence-electron chi connectivity index (χ2n) is 16.8. The first-order chi connectivity index (χ1) is 29.2. The van der Waals surface area contributed by atoms with Gasteiger partial charge in [-0.05, 0) is 138 Å². The monoisotopic (exact) mass is 835 g/mol. The van der Waals surface area contributed by atoms with Crippen molar-refractivity contribution in [1.82, 2.24) is 0 Å². The van der Waals surface area contributed by atoms with Gasteiger partial charge in [-0.3, -0.25) is 0 Å². The van der Waals surface area contributed by atoms with Crippen molar-refractivity contribution in [2.24, 2.45) is 0 Å². The molecule has 8 aromatic carbocycles. The maximum atomic E-state index is 2.40. The number of benzene rings is 8. The zero-order valence-electron chi connectivity index (χ0n) is 33.4. The summed E-state index contributed by atoms with van der Waals surface area (Å²) < 4.78 is 0.0999. The molecule has 13 rings (SSSR count). The fourth-order valence-corrected chi connectivity index (χ4v) is 13.3. The molecule has 5 aliphatic rings. The molecule has 60 heavy (non-hydrogen) atoms. The van der Waals surface area contributed by atoms with E-state index in [1.807, 2.05) is 0 Å². The molecule has 1 atom stereocenters. The average molecular weight is 837 g/mol. The molecule has 0 N–H and O–H groups in total. The van der Waals surface area contributed by atoms with E-state index in [0.717, 1.165) is 6.42 Å². The van der Waals surface area contributed by atoms with Crippen molar-refractivity contribution in [3.05, 3.63) is 237 Å². The van der Waals surface area contributed by atoms with Gasteiger partial charge in [0.2, 0.25) is 0 Å². The van der Waals surface area contributed by atoms with Gasteiger partial charge >= 0.3 is 0 Å². The van der Waals surface area contributed by atoms with Gasteiger partial charge in [-0.15, -0.1) is 11.8 Å². The SMILES string of the molecule is C1=Cc2ccccc2C(=C2CCCc3ccc4ccccc4c32)c2ccccc21.C1=Cc2ccccc2C2(SC23CCCc2ccc4ccccc4c23)c2ccccc21.[Cu]. The predicted molar refractivity (Wildman–Crippen MR) is 253 cm³/mol. The zero-order valence-corrected chi connectivity index (χ0v) is 35.2. The van der Waals surface area contributed by atoms with Crippen LogP contribution < -0.4 is 0 Å². The smallest absolute Gasteiger partial charge is 0.0866 e. The van der Waals surface area contributed by atoms with E-state index < -0.39 is 0 Å². The van der Waals surface area contributed by atoms with Gasteiger partial charge in [0, 0.05) is 17.1 Å². The van der Waals surface area contributed by atoms with Crippen LogP contribution in [0.2, 0.25) is 0 Å². The van der Waals surface area contributed by atoms with Gasteiger partial charge in [-0.1, -0.05) is 194 Å². The third-order valence-electron chi connectivity index (χ3n) is 13.8. The van der Waals surface area contributed by atoms with Gasteiger partial charge in [0.05, 0.1) is 9.49 Å². The van der Waals surface area contributed by atoms with E-state index in [9.17, 15) is 0 Å². The number of hydrogen-bond acceptors (Lipinski definition) is 1. The van der Waals surface area contributed by atoms with Gasteiger partial charge in [-0.2, -0.15) is 0 Å². The normalized spacial score (nSPS) is 18.4. The standard InChI is InChI=1S/C29H22S.C29H22.Cu/c1-4-12-24-20(8-1)15-18-23-11-7-19-28(27(23)24)29(30-28)25-13-5-2-9-21(25)16-17-22-10-3-6-14-26(22)29;1-4-12-24-20(8-1)18-19-23-11-7-15-27(28(23)24)29-25-13-5-2-9-21(25)16-17-22-10-3-6-14-26(22)29;/h1-6,8-10,12-18H,7,11,19H2;1-6,8-10,12-14,16-19H,7,11,15H2;. The number of allylic oxidation sites excluding steroid dienone is 1. The Bertz CT molecular complexity index is 3010. The second kappa shape index (κ2) is 14.8. The van der Waals surface area contributed by atoms with Crippen LogP contribution >= 0.6 is 11.8 Å². The molecule has 1 aliphatic heterocycles. The minimum Gasteiger partial charge on any atom is -0.130 e. The molecule has 1 fully saturated rings. The molecule has 1 unspecified atom stereocenters. The molecule has 4 aliphatic carbocycles. The van der Waals surface area contributed by atoms with Crippen LogP contribution in [-0.2, 0) is 39.4 Å². The summed E-state index contributed by atoms with van der Waals surface area (Å²) in [5.74, 6) is 0. The number of rotatable bonds is 0. The third-order valence-corrected chi connectivity index (χ3v) is 15.7. The Labute approximate surface area is 368 Å². The van der Waals surface area contributed by atoms with Crippen LogP contribution in [0.3, 0.4) is 0 Å². The van der Waals surface area contributed by atoms with Crippen LogP contribution in [0.5, 0.6) is 0 Å². The third kappa shape index (κ3) is 5.65. The van der Waals surface area contributed by atoms with Crippen molar-refractivity contribution in [3.8, 4) is 0 Å². The second-order valence-corrected chi connectivity index (χ2v) is 18.3. The van der Waals surface area contributed by atoms with Crippen LogP contribution in [0.25, 0.3) is 57.0 Å². The molecule has 1 radical (unpaired) electrons. The van der Waals surface area contributed by atoms with Gasteiger partial charge in [0.15, 0.2) is 0 Å². The summed E-state index contributed by atoms with van der Waals surface area (Å²) >= 11 is 2.20. The van der Waals surface area contributed by atoms with Gasteiger partial charge in [-0.25, -0.2) is 0 Å². The minimum atomic E-state index is -0.0109. The summed E-state index contributed by atoms with van der Waals surface area (Å²) in [6, 6.07) is 63.1. The van der Waals surface area contributed by atoms with Crippen LogP contribution in [0.4, 0.5) is 0 Å². The molecule has 2 spiro atoms. The molecular weight excluding hydrogens is 792 g/mol. The first-order valence-electron chi connectivity index (χ1n) is 21.4. The van der Waals surface area contributed by atoms with Gasteiger partial charge < -0.3 is 0 Å². The predicted octanol–water partition coefficient (Wildman–Crippen LogP) is 15.2. The van der Waals surface area contributed by atoms with E-state index in [4.69, 9.17) is 0 Å². The van der Waals surface area contributed by atoms with Crippen molar-refractivity contribution in [1.29, 1.82) is 0 Å². The Morgan fingerprint density at radius 1 is 0.417 bits per heavy atom. The maximum Gasteiger partial charge on any atom is 0.0866 e. The molecule has 1 saturated heterocycles. The molecule has 0 amide bonds. The van der Waals surface area contributed by atoms with E-state index in [1.54, 1.807) is 11.1 Å². The van der Waals surface area contributed by atoms with Crippen LogP contribution in [-0.4, -0.2) is 0 Å². The van der Waals surface area contributed by atoms with Crippen molar-refractivity contribution in [2.75, 3.05) is 0 Å². The molecule has 8 aromatic rings. The van der Waals surface area contributed by atoms with Crippen LogP contribution in [0.1, 0.15) is 92.4 Å². The van der Waals surface area contributed by atoms with Gasteiger partial charge in [0.25, 0.3) is 0 Å². The fraction of sp³-hybridized carbons (Fsp3) is 0.138. The number of thioether (sulfide) groups is 1. The summed E-state index contributed by atoms with van der Waals surface area (Å²) in [5, 5.41) is 5.54. The Kier molecular flexibility index (Phi) is 9.23. The molecule has 2 heteroatoms. The van der Waals surface area contributed by atoms with Crippen molar-refractivity contribution in [3.63, 3.8) is 0 Å². The van der Waals surface area contributed by atoms with E-state index >= 15 is 0 Å². The molecular formula is C58H44CuS. The van der Waals surface area contributed by atoms with E-state index in [2.05, 4.69) is 206 Å². The molecule has 0 nitrogen and oxygen atoms in total. The first-order valence-corrected chi connectivity index (χ1v) is 22.2. The number of aryl methyl sites for hydroxylation is 2. The Hall–Kier alpha value is -5.63. The van der Waals surface area contributed by atoms with E-state index in [0.29, 0.717) is 0 Å². The van der Waals surface area contributed by atoms with Crippen LogP contribution in [0.15, 0.2) is 170 Å². The number of fused-ring (bicyclic) bond motifs is 14. The molecule has 1 heterocycles. The largest absolute Gasteiger partial charge is 0.130 e. The Morgan fingerprint density at radius 2 is 0.917 bits per heavy atom. The van der Waals surface area contributed by atoms with Crippen molar-refractivity contribution < 1.29 is 17.1 Å². The maximum absolute atomic E-state index is 2.40. The number of hydrogen-bond donors (Lipinski definition) is 0. The van der Waals surface area contributed by atoms with E-state index in [1.165, 1.54) is 120 Å². The quantitative estimate of drug-likeness (QED) is 0.108. The van der Waals surface area contributed by atoms with Crippen LogP contribution in [0, 0.1) is 0 Å². The molecule has 0 saturated carbocycles. The van der Waals surface area contributed by atoms with Crippen molar-refractivity contribution >= 4 is 68.8 Å². The Balaban J connectivity index is 0.000000134. The summed E-state index contributed by atoms with van der Waals surface area (Å²) in [7, 11) is 0. The molecule has 0 aromatic heterocycles. The van der Waals surface area contributed by atoms with E-state index in [-0.39, 0.29) is 26.6 Å². The summed E-state index contributed by atoms with van der Waals surface area (Å²) in [6.07, 6.45) is 16.4. The minimum absolute atomic E-state index is 0. The van der Waals surface area contributed by atoms with Crippen molar-refractivity contribution in [2.45, 2.75) is 48.0 Å². The average Bonchev–Trinajstić information content (AvgIpc) is 4.02. The zero-order chi connectivity index (χ0) is 39.0. The first kappa shape index (κ1) is 37.4. The summed E-state index contributed by atoms with van der Waals surface area (Å²) in [6.45, 7) is 0. The Morgan fingerprint density at radius 3 is 1.58 bits per heavy atom. The topological polar surface area (TPSA) is 0 Å². The summed E-state index contributed by atoms with van der Waals surface area (Å²) in [4.78, 5) is 0.